The van der Waals surface area contributed by atoms with Crippen LogP contribution >= 0.6 is 23.2 Å². The van der Waals surface area contributed by atoms with Gasteiger partial charge in [-0.25, -0.2) is 0 Å². The molecule has 1 N–H and O–H groups in total. The minimum atomic E-state index is 0.304. The summed E-state index contributed by atoms with van der Waals surface area (Å²) in [5, 5.41) is 5.04. The number of hydrogen-bond donors (Lipinski definition) is 1. The molecular weight excluding hydrogens is 241 g/mol. The first kappa shape index (κ1) is 12.2. The van der Waals surface area contributed by atoms with E-state index in [2.05, 4.69) is 12.2 Å². The van der Waals surface area contributed by atoms with Crippen LogP contribution in [-0.2, 0) is 0 Å². The van der Waals surface area contributed by atoms with Gasteiger partial charge in [0.2, 0.25) is 0 Å². The summed E-state index contributed by atoms with van der Waals surface area (Å²) >= 11 is 12.5. The predicted octanol–water partition coefficient (Wildman–Crippen LogP) is 4.44. The second-order valence-corrected chi connectivity index (χ2v) is 5.24. The van der Waals surface area contributed by atoms with Gasteiger partial charge in [0.15, 0.2) is 0 Å². The molecule has 3 heteroatoms. The lowest BCUT2D eigenvalue weighted by atomic mass is 10.0. The van der Waals surface area contributed by atoms with Gasteiger partial charge in [-0.3, -0.25) is 0 Å². The van der Waals surface area contributed by atoms with Gasteiger partial charge >= 0.3 is 0 Å². The van der Waals surface area contributed by atoms with Crippen molar-refractivity contribution in [3.8, 4) is 0 Å². The summed E-state index contributed by atoms with van der Waals surface area (Å²) in [5.41, 5.74) is 1.07. The van der Waals surface area contributed by atoms with Gasteiger partial charge in [0, 0.05) is 21.7 Å². The highest BCUT2D eigenvalue weighted by molar-refractivity contribution is 6.36. The molecule has 1 fully saturated rings. The molecule has 1 nitrogen and oxygen atoms in total. The van der Waals surface area contributed by atoms with Crippen molar-refractivity contribution >= 4 is 23.2 Å². The second kappa shape index (κ2) is 5.39. The molecule has 1 aromatic carbocycles. The maximum atomic E-state index is 6.24. The van der Waals surface area contributed by atoms with E-state index in [1.54, 1.807) is 0 Å². The highest BCUT2D eigenvalue weighted by atomic mass is 35.5. The predicted molar refractivity (Wildman–Crippen MR) is 70.2 cm³/mol. The molecule has 1 atom stereocenters. The average molecular weight is 258 g/mol. The van der Waals surface area contributed by atoms with Gasteiger partial charge in [0.25, 0.3) is 0 Å². The summed E-state index contributed by atoms with van der Waals surface area (Å²) in [6.07, 6.45) is 3.85. The molecule has 1 aliphatic rings. The van der Waals surface area contributed by atoms with Crippen LogP contribution in [-0.4, -0.2) is 6.54 Å². The first-order valence-corrected chi connectivity index (χ1v) is 6.65. The first-order chi connectivity index (χ1) is 7.72. The Morgan fingerprint density at radius 2 is 1.94 bits per heavy atom. The second-order valence-electron chi connectivity index (χ2n) is 4.42. The van der Waals surface area contributed by atoms with E-state index in [9.17, 15) is 0 Å². The Morgan fingerprint density at radius 1 is 1.31 bits per heavy atom. The Kier molecular flexibility index (Phi) is 4.12. The van der Waals surface area contributed by atoms with Gasteiger partial charge < -0.3 is 5.32 Å². The Labute approximate surface area is 107 Å². The standard InChI is InChI=1S/C13H17Cl2N/c1-2-16-12(8-9-6-7-9)13-10(14)4-3-5-11(13)15/h3-5,9,12,16H,2,6-8H2,1H3. The quantitative estimate of drug-likeness (QED) is 0.823. The van der Waals surface area contributed by atoms with Gasteiger partial charge in [-0.2, -0.15) is 0 Å². The van der Waals surface area contributed by atoms with E-state index in [4.69, 9.17) is 23.2 Å². The molecule has 2 rings (SSSR count). The van der Waals surface area contributed by atoms with Crippen LogP contribution < -0.4 is 5.32 Å². The van der Waals surface area contributed by atoms with Crippen LogP contribution in [0.5, 0.6) is 0 Å². The third-order valence-corrected chi connectivity index (χ3v) is 3.72. The minimum absolute atomic E-state index is 0.304. The van der Waals surface area contributed by atoms with E-state index in [1.165, 1.54) is 12.8 Å². The third-order valence-electron chi connectivity index (χ3n) is 3.06. The summed E-state index contributed by atoms with van der Waals surface area (Å²) in [6, 6.07) is 6.03. The normalized spacial score (nSPS) is 17.4. The SMILES string of the molecule is CCNC(CC1CC1)c1c(Cl)cccc1Cl. The van der Waals surface area contributed by atoms with Crippen LogP contribution in [0, 0.1) is 5.92 Å². The lowest BCUT2D eigenvalue weighted by Crippen LogP contribution is -2.22. The molecule has 1 aromatic rings. The molecule has 0 bridgehead atoms. The van der Waals surface area contributed by atoms with Gasteiger partial charge in [-0.05, 0) is 31.0 Å². The van der Waals surface area contributed by atoms with E-state index in [-0.39, 0.29) is 0 Å². The molecule has 0 aliphatic heterocycles. The summed E-state index contributed by atoms with van der Waals surface area (Å²) in [5.74, 6) is 0.858. The smallest absolute Gasteiger partial charge is 0.0468 e. The molecule has 0 saturated heterocycles. The lowest BCUT2D eigenvalue weighted by Gasteiger charge is -2.20. The molecule has 0 aromatic heterocycles. The zero-order chi connectivity index (χ0) is 11.5. The van der Waals surface area contributed by atoms with Crippen molar-refractivity contribution in [3.63, 3.8) is 0 Å². The third kappa shape index (κ3) is 2.91. The van der Waals surface area contributed by atoms with Crippen molar-refractivity contribution in [2.45, 2.75) is 32.2 Å². The monoisotopic (exact) mass is 257 g/mol. The fraction of sp³-hybridized carbons (Fsp3) is 0.538. The number of nitrogens with one attached hydrogen (secondary N) is 1. The Morgan fingerprint density at radius 3 is 2.44 bits per heavy atom. The van der Waals surface area contributed by atoms with E-state index in [1.807, 2.05) is 18.2 Å². The maximum Gasteiger partial charge on any atom is 0.0468 e. The molecule has 0 spiro atoms. The molecule has 1 saturated carbocycles. The molecule has 0 amide bonds. The first-order valence-electron chi connectivity index (χ1n) is 5.89. The largest absolute Gasteiger partial charge is 0.310 e. The summed E-state index contributed by atoms with van der Waals surface area (Å²) in [6.45, 7) is 3.06. The number of halogens is 2. The summed E-state index contributed by atoms with van der Waals surface area (Å²) in [7, 11) is 0. The Bertz CT molecular complexity index is 341. The zero-order valence-corrected chi connectivity index (χ0v) is 11.0. The lowest BCUT2D eigenvalue weighted by molar-refractivity contribution is 0.487. The van der Waals surface area contributed by atoms with Crippen LogP contribution in [0.15, 0.2) is 18.2 Å². The van der Waals surface area contributed by atoms with Crippen molar-refractivity contribution in [2.24, 2.45) is 5.92 Å². The van der Waals surface area contributed by atoms with E-state index < -0.39 is 0 Å². The van der Waals surface area contributed by atoms with Crippen molar-refractivity contribution in [3.05, 3.63) is 33.8 Å². The number of hydrogen-bond acceptors (Lipinski definition) is 1. The summed E-state index contributed by atoms with van der Waals surface area (Å²) in [4.78, 5) is 0. The van der Waals surface area contributed by atoms with Crippen LogP contribution in [0.25, 0.3) is 0 Å². The van der Waals surface area contributed by atoms with Crippen LogP contribution in [0.4, 0.5) is 0 Å². The van der Waals surface area contributed by atoms with E-state index in [0.717, 1.165) is 34.5 Å². The van der Waals surface area contributed by atoms with Crippen molar-refractivity contribution in [2.75, 3.05) is 6.54 Å². The average Bonchev–Trinajstić information content (AvgIpc) is 3.01. The Hall–Kier alpha value is -0.240. The fourth-order valence-corrected chi connectivity index (χ4v) is 2.74. The van der Waals surface area contributed by atoms with Crippen molar-refractivity contribution in [1.29, 1.82) is 0 Å². The number of rotatable bonds is 5. The van der Waals surface area contributed by atoms with E-state index in [0.29, 0.717) is 6.04 Å². The minimum Gasteiger partial charge on any atom is -0.310 e. The van der Waals surface area contributed by atoms with Gasteiger partial charge in [0.1, 0.15) is 0 Å². The molecule has 16 heavy (non-hydrogen) atoms. The van der Waals surface area contributed by atoms with Crippen LogP contribution in [0.2, 0.25) is 10.0 Å². The highest BCUT2D eigenvalue weighted by Crippen LogP contribution is 2.41. The molecular formula is C13H17Cl2N. The Balaban J connectivity index is 2.21. The molecule has 0 radical (unpaired) electrons. The molecule has 1 aliphatic carbocycles. The summed E-state index contributed by atoms with van der Waals surface area (Å²) < 4.78 is 0. The topological polar surface area (TPSA) is 12.0 Å². The van der Waals surface area contributed by atoms with Gasteiger partial charge in [0.05, 0.1) is 0 Å². The van der Waals surface area contributed by atoms with Crippen molar-refractivity contribution in [1.82, 2.24) is 5.32 Å². The maximum absolute atomic E-state index is 6.24. The van der Waals surface area contributed by atoms with Gasteiger partial charge in [-0.1, -0.05) is 49.0 Å². The van der Waals surface area contributed by atoms with E-state index >= 15 is 0 Å². The van der Waals surface area contributed by atoms with Gasteiger partial charge in [-0.15, -0.1) is 0 Å². The molecule has 0 heterocycles. The van der Waals surface area contributed by atoms with Crippen LogP contribution in [0.1, 0.15) is 37.8 Å². The highest BCUT2D eigenvalue weighted by Gasteiger charge is 2.27. The zero-order valence-electron chi connectivity index (χ0n) is 9.47. The number of benzene rings is 1. The molecule has 88 valence electrons. The van der Waals surface area contributed by atoms with Crippen LogP contribution in [0.3, 0.4) is 0 Å². The fourth-order valence-electron chi connectivity index (χ4n) is 2.08. The molecule has 1 unspecified atom stereocenters. The van der Waals surface area contributed by atoms with Crippen molar-refractivity contribution < 1.29 is 0 Å².